The lowest BCUT2D eigenvalue weighted by molar-refractivity contribution is -0.116. The van der Waals surface area contributed by atoms with Gasteiger partial charge in [-0.1, -0.05) is 19.1 Å². The zero-order valence-electron chi connectivity index (χ0n) is 12.9. The first-order valence-corrected chi connectivity index (χ1v) is 7.47. The third-order valence-corrected chi connectivity index (χ3v) is 2.97. The van der Waals surface area contributed by atoms with Gasteiger partial charge in [0, 0.05) is 6.42 Å². The van der Waals surface area contributed by atoms with Crippen LogP contribution in [0.4, 0.5) is 17.2 Å². The molecule has 0 aliphatic rings. The molecule has 0 spiro atoms. The molecule has 0 saturated carbocycles. The first-order valence-electron chi connectivity index (χ1n) is 7.47. The summed E-state index contributed by atoms with van der Waals surface area (Å²) in [4.78, 5) is 15.8. The van der Waals surface area contributed by atoms with Crippen molar-refractivity contribution in [2.24, 2.45) is 0 Å². The zero-order valence-corrected chi connectivity index (χ0v) is 12.9. The molecule has 5 nitrogen and oxygen atoms in total. The number of aromatic nitrogens is 1. The lowest BCUT2D eigenvalue weighted by Crippen LogP contribution is -2.11. The third kappa shape index (κ3) is 4.48. The molecule has 116 valence electrons. The van der Waals surface area contributed by atoms with E-state index in [0.717, 1.165) is 23.5 Å². The molecule has 1 aromatic carbocycles. The molecule has 0 fully saturated rings. The number of carbonyl (C=O) groups excluding carboxylic acids is 1. The Balaban J connectivity index is 2.04. The summed E-state index contributed by atoms with van der Waals surface area (Å²) in [5.41, 5.74) is 1.72. The first kappa shape index (κ1) is 15.8. The molecule has 5 heteroatoms. The molecular weight excluding hydrogens is 278 g/mol. The highest BCUT2D eigenvalue weighted by Crippen LogP contribution is 2.27. The standard InChI is InChI=1S/C17H21N3O2/c1-3-7-17(21)20-16-11-10-13(12-18-16)19-14-8-5-6-9-15(14)22-4-2/h5-6,8-12,19H,3-4,7H2,1-2H3,(H,18,20,21). The number of hydrogen-bond donors (Lipinski definition) is 2. The van der Waals surface area contributed by atoms with Gasteiger partial charge in [0.25, 0.3) is 0 Å². The maximum Gasteiger partial charge on any atom is 0.225 e. The number of para-hydroxylation sites is 2. The summed E-state index contributed by atoms with van der Waals surface area (Å²) in [5, 5.41) is 6.03. The molecule has 0 aliphatic heterocycles. The Morgan fingerprint density at radius 1 is 1.18 bits per heavy atom. The summed E-state index contributed by atoms with van der Waals surface area (Å²) < 4.78 is 5.57. The Kier molecular flexibility index (Phi) is 5.77. The Hall–Kier alpha value is -2.56. The number of carbonyl (C=O) groups is 1. The second-order valence-electron chi connectivity index (χ2n) is 4.78. The minimum atomic E-state index is -0.0163. The number of ether oxygens (including phenoxy) is 1. The van der Waals surface area contributed by atoms with Gasteiger partial charge in [-0.05, 0) is 37.6 Å². The van der Waals surface area contributed by atoms with E-state index in [4.69, 9.17) is 4.74 Å². The minimum absolute atomic E-state index is 0.0163. The Morgan fingerprint density at radius 3 is 2.68 bits per heavy atom. The Labute approximate surface area is 130 Å². The van der Waals surface area contributed by atoms with Gasteiger partial charge in [0.05, 0.1) is 24.2 Å². The quantitative estimate of drug-likeness (QED) is 0.812. The lowest BCUT2D eigenvalue weighted by atomic mass is 10.2. The molecule has 22 heavy (non-hydrogen) atoms. The van der Waals surface area contributed by atoms with E-state index in [2.05, 4.69) is 15.6 Å². The van der Waals surface area contributed by atoms with E-state index in [1.54, 1.807) is 12.3 Å². The van der Waals surface area contributed by atoms with Gasteiger partial charge in [0.1, 0.15) is 11.6 Å². The van der Waals surface area contributed by atoms with E-state index in [1.807, 2.05) is 44.2 Å². The van der Waals surface area contributed by atoms with Crippen LogP contribution in [0.5, 0.6) is 5.75 Å². The topological polar surface area (TPSA) is 63.2 Å². The number of hydrogen-bond acceptors (Lipinski definition) is 4. The van der Waals surface area contributed by atoms with Crippen LogP contribution >= 0.6 is 0 Å². The predicted octanol–water partition coefficient (Wildman–Crippen LogP) is 3.96. The summed E-state index contributed by atoms with van der Waals surface area (Å²) in [6, 6.07) is 11.4. The second kappa shape index (κ2) is 8.02. The fourth-order valence-corrected chi connectivity index (χ4v) is 1.98. The van der Waals surface area contributed by atoms with Crippen molar-refractivity contribution in [3.63, 3.8) is 0 Å². The summed E-state index contributed by atoms with van der Waals surface area (Å²) in [6.07, 6.45) is 3.01. The minimum Gasteiger partial charge on any atom is -0.492 e. The van der Waals surface area contributed by atoms with E-state index in [0.29, 0.717) is 18.8 Å². The van der Waals surface area contributed by atoms with E-state index in [-0.39, 0.29) is 5.91 Å². The molecule has 0 unspecified atom stereocenters. The summed E-state index contributed by atoms with van der Waals surface area (Å²) >= 11 is 0. The van der Waals surface area contributed by atoms with Crippen LogP contribution in [-0.4, -0.2) is 17.5 Å². The lowest BCUT2D eigenvalue weighted by Gasteiger charge is -2.12. The van der Waals surface area contributed by atoms with Crippen molar-refractivity contribution in [2.75, 3.05) is 17.2 Å². The normalized spacial score (nSPS) is 10.1. The maximum atomic E-state index is 11.5. The average Bonchev–Trinajstić information content (AvgIpc) is 2.52. The molecule has 1 aromatic heterocycles. The number of benzene rings is 1. The molecule has 2 N–H and O–H groups in total. The number of amides is 1. The van der Waals surface area contributed by atoms with Gasteiger partial charge in [0.15, 0.2) is 0 Å². The summed E-state index contributed by atoms with van der Waals surface area (Å²) in [7, 11) is 0. The molecule has 2 rings (SSSR count). The van der Waals surface area contributed by atoms with Crippen molar-refractivity contribution in [1.29, 1.82) is 0 Å². The van der Waals surface area contributed by atoms with E-state index < -0.39 is 0 Å². The molecule has 1 amide bonds. The molecular formula is C17H21N3O2. The highest BCUT2D eigenvalue weighted by Gasteiger charge is 2.04. The molecule has 0 bridgehead atoms. The number of rotatable bonds is 7. The van der Waals surface area contributed by atoms with Crippen molar-refractivity contribution < 1.29 is 9.53 Å². The van der Waals surface area contributed by atoms with Crippen LogP contribution in [0.15, 0.2) is 42.6 Å². The smallest absolute Gasteiger partial charge is 0.225 e. The predicted molar refractivity (Wildman–Crippen MR) is 88.7 cm³/mol. The van der Waals surface area contributed by atoms with Crippen molar-refractivity contribution in [2.45, 2.75) is 26.7 Å². The van der Waals surface area contributed by atoms with Gasteiger partial charge in [-0.25, -0.2) is 4.98 Å². The van der Waals surface area contributed by atoms with Crippen molar-refractivity contribution in [3.8, 4) is 5.75 Å². The van der Waals surface area contributed by atoms with Gasteiger partial charge >= 0.3 is 0 Å². The number of nitrogens with zero attached hydrogens (tertiary/aromatic N) is 1. The molecule has 1 heterocycles. The van der Waals surface area contributed by atoms with E-state index in [1.165, 1.54) is 0 Å². The number of anilines is 3. The van der Waals surface area contributed by atoms with Crippen LogP contribution in [0.25, 0.3) is 0 Å². The fraction of sp³-hybridized carbons (Fsp3) is 0.294. The Morgan fingerprint density at radius 2 is 2.00 bits per heavy atom. The van der Waals surface area contributed by atoms with Crippen molar-refractivity contribution in [1.82, 2.24) is 4.98 Å². The van der Waals surface area contributed by atoms with Crippen LogP contribution in [0.3, 0.4) is 0 Å². The molecule has 0 atom stereocenters. The highest BCUT2D eigenvalue weighted by atomic mass is 16.5. The third-order valence-electron chi connectivity index (χ3n) is 2.97. The van der Waals surface area contributed by atoms with Gasteiger partial charge in [-0.15, -0.1) is 0 Å². The Bertz CT molecular complexity index is 612. The summed E-state index contributed by atoms with van der Waals surface area (Å²) in [6.45, 7) is 4.53. The molecule has 0 saturated heterocycles. The van der Waals surface area contributed by atoms with Crippen LogP contribution in [0.1, 0.15) is 26.7 Å². The average molecular weight is 299 g/mol. The molecule has 2 aromatic rings. The van der Waals surface area contributed by atoms with Gasteiger partial charge in [-0.2, -0.15) is 0 Å². The van der Waals surface area contributed by atoms with Crippen LogP contribution in [-0.2, 0) is 4.79 Å². The second-order valence-corrected chi connectivity index (χ2v) is 4.78. The van der Waals surface area contributed by atoms with Crippen molar-refractivity contribution >= 4 is 23.1 Å². The van der Waals surface area contributed by atoms with Gasteiger partial charge < -0.3 is 15.4 Å². The maximum absolute atomic E-state index is 11.5. The first-order chi connectivity index (χ1) is 10.7. The van der Waals surface area contributed by atoms with Gasteiger partial charge in [-0.3, -0.25) is 4.79 Å². The molecule has 0 aliphatic carbocycles. The van der Waals surface area contributed by atoms with E-state index >= 15 is 0 Å². The SMILES string of the molecule is CCCC(=O)Nc1ccc(Nc2ccccc2OCC)cn1. The van der Waals surface area contributed by atoms with E-state index in [9.17, 15) is 4.79 Å². The number of nitrogens with one attached hydrogen (secondary N) is 2. The van der Waals surface area contributed by atoms with Gasteiger partial charge in [0.2, 0.25) is 5.91 Å². The van der Waals surface area contributed by atoms with Crippen molar-refractivity contribution in [3.05, 3.63) is 42.6 Å². The molecule has 0 radical (unpaired) electrons. The van der Waals surface area contributed by atoms with Crippen LogP contribution in [0.2, 0.25) is 0 Å². The fourth-order valence-electron chi connectivity index (χ4n) is 1.98. The zero-order chi connectivity index (χ0) is 15.8. The number of pyridine rings is 1. The van der Waals surface area contributed by atoms with Crippen LogP contribution < -0.4 is 15.4 Å². The van der Waals surface area contributed by atoms with Crippen LogP contribution in [0, 0.1) is 0 Å². The highest BCUT2D eigenvalue weighted by molar-refractivity contribution is 5.89. The monoisotopic (exact) mass is 299 g/mol. The largest absolute Gasteiger partial charge is 0.492 e. The summed E-state index contributed by atoms with van der Waals surface area (Å²) in [5.74, 6) is 1.34.